The maximum Gasteiger partial charge on any atom is 0.270 e. The standard InChI is InChI=1S/C18H27F2N/c1-3-4-6-11-16(2)17(21-14-9-5-10-15-21)12-7-8-13-18(17,19)20/h3-4,6,11H,2,5,7-10,12-15H2,1H3/b4-3-,11-6-/t17-/m0/s1. The summed E-state index contributed by atoms with van der Waals surface area (Å²) in [5, 5.41) is 0. The van der Waals surface area contributed by atoms with Gasteiger partial charge in [-0.25, -0.2) is 8.78 Å². The largest absolute Gasteiger partial charge is 0.289 e. The quantitative estimate of drug-likeness (QED) is 0.651. The zero-order chi connectivity index (χ0) is 15.3. The van der Waals surface area contributed by atoms with Gasteiger partial charge in [0.1, 0.15) is 5.54 Å². The minimum Gasteiger partial charge on any atom is -0.289 e. The van der Waals surface area contributed by atoms with Crippen LogP contribution in [0.4, 0.5) is 8.78 Å². The summed E-state index contributed by atoms with van der Waals surface area (Å²) in [5.74, 6) is -2.68. The van der Waals surface area contributed by atoms with Gasteiger partial charge in [0.05, 0.1) is 0 Å². The third-order valence-corrected chi connectivity index (χ3v) is 4.91. The lowest BCUT2D eigenvalue weighted by Gasteiger charge is -2.52. The summed E-state index contributed by atoms with van der Waals surface area (Å²) >= 11 is 0. The SMILES string of the molecule is C=C(/C=C\C=C/C)[C@@]1(N2CCCCC2)CCCCC1(F)F. The van der Waals surface area contributed by atoms with Crippen LogP contribution in [0.3, 0.4) is 0 Å². The molecule has 2 fully saturated rings. The van der Waals surface area contributed by atoms with Crippen LogP contribution in [0.2, 0.25) is 0 Å². The zero-order valence-electron chi connectivity index (χ0n) is 13.1. The summed E-state index contributed by atoms with van der Waals surface area (Å²) in [4.78, 5) is 2.03. The second kappa shape index (κ2) is 6.87. The Hall–Kier alpha value is -0.960. The molecule has 1 saturated carbocycles. The topological polar surface area (TPSA) is 3.24 Å². The van der Waals surface area contributed by atoms with Crippen LogP contribution in [0.25, 0.3) is 0 Å². The predicted octanol–water partition coefficient (Wildman–Crippen LogP) is 5.11. The monoisotopic (exact) mass is 295 g/mol. The van der Waals surface area contributed by atoms with Crippen LogP contribution < -0.4 is 0 Å². The first-order valence-electron chi connectivity index (χ1n) is 8.16. The van der Waals surface area contributed by atoms with E-state index in [1.54, 1.807) is 6.08 Å². The van der Waals surface area contributed by atoms with E-state index in [-0.39, 0.29) is 6.42 Å². The highest BCUT2D eigenvalue weighted by Gasteiger charge is 2.58. The first-order valence-corrected chi connectivity index (χ1v) is 8.16. The Labute approximate surface area is 127 Å². The number of alkyl halides is 2. The Morgan fingerprint density at radius 3 is 2.29 bits per heavy atom. The summed E-state index contributed by atoms with van der Waals surface area (Å²) in [6.07, 6.45) is 12.6. The van der Waals surface area contributed by atoms with Gasteiger partial charge in [0.15, 0.2) is 0 Å². The Kier molecular flexibility index (Phi) is 5.37. The summed E-state index contributed by atoms with van der Waals surface area (Å²) in [5.41, 5.74) is -0.587. The van der Waals surface area contributed by atoms with Crippen molar-refractivity contribution < 1.29 is 8.78 Å². The van der Waals surface area contributed by atoms with Crippen LogP contribution in [0, 0.1) is 0 Å². The number of likely N-dealkylation sites (tertiary alicyclic amines) is 1. The second-order valence-corrected chi connectivity index (χ2v) is 6.23. The van der Waals surface area contributed by atoms with E-state index < -0.39 is 11.5 Å². The van der Waals surface area contributed by atoms with Gasteiger partial charge in [0.25, 0.3) is 5.92 Å². The average Bonchev–Trinajstić information content (AvgIpc) is 2.48. The molecule has 21 heavy (non-hydrogen) atoms. The van der Waals surface area contributed by atoms with Crippen molar-refractivity contribution in [1.82, 2.24) is 4.90 Å². The van der Waals surface area contributed by atoms with Crippen molar-refractivity contribution in [3.63, 3.8) is 0 Å². The summed E-state index contributed by atoms with van der Waals surface area (Å²) in [7, 11) is 0. The molecular weight excluding hydrogens is 268 g/mol. The molecule has 2 rings (SSSR count). The van der Waals surface area contributed by atoms with Crippen molar-refractivity contribution in [1.29, 1.82) is 0 Å². The molecule has 1 aliphatic heterocycles. The Bertz CT molecular complexity index is 419. The third kappa shape index (κ3) is 3.13. The smallest absolute Gasteiger partial charge is 0.270 e. The lowest BCUT2D eigenvalue weighted by molar-refractivity contribution is -0.153. The highest BCUT2D eigenvalue weighted by atomic mass is 19.3. The number of nitrogens with zero attached hydrogens (tertiary/aromatic N) is 1. The van der Waals surface area contributed by atoms with E-state index in [4.69, 9.17) is 0 Å². The summed E-state index contributed by atoms with van der Waals surface area (Å²) in [6.45, 7) is 7.51. The Morgan fingerprint density at radius 2 is 1.67 bits per heavy atom. The number of allylic oxidation sites excluding steroid dienone is 3. The van der Waals surface area contributed by atoms with Gasteiger partial charge in [-0.3, -0.25) is 4.90 Å². The van der Waals surface area contributed by atoms with Gasteiger partial charge in [-0.15, -0.1) is 0 Å². The molecule has 1 heterocycles. The lowest BCUT2D eigenvalue weighted by atomic mass is 9.71. The van der Waals surface area contributed by atoms with E-state index in [1.807, 2.05) is 30.1 Å². The molecule has 0 aromatic carbocycles. The fraction of sp³-hybridized carbons (Fsp3) is 0.667. The molecule has 3 heteroatoms. The molecule has 2 aliphatic rings. The van der Waals surface area contributed by atoms with E-state index in [0.29, 0.717) is 18.4 Å². The van der Waals surface area contributed by atoms with Gasteiger partial charge < -0.3 is 0 Å². The first kappa shape index (κ1) is 16.4. The van der Waals surface area contributed by atoms with Crippen molar-refractivity contribution >= 4 is 0 Å². The van der Waals surface area contributed by atoms with Crippen LogP contribution in [0.1, 0.15) is 51.9 Å². The molecule has 1 saturated heterocycles. The van der Waals surface area contributed by atoms with Crippen LogP contribution in [0.15, 0.2) is 36.5 Å². The van der Waals surface area contributed by atoms with Crippen molar-refractivity contribution in [2.24, 2.45) is 0 Å². The van der Waals surface area contributed by atoms with E-state index in [9.17, 15) is 8.78 Å². The first-order chi connectivity index (χ1) is 10.0. The minimum atomic E-state index is -2.68. The molecule has 1 aliphatic carbocycles. The predicted molar refractivity (Wildman–Crippen MR) is 84.7 cm³/mol. The minimum absolute atomic E-state index is 0.0139. The van der Waals surface area contributed by atoms with Gasteiger partial charge in [0, 0.05) is 6.42 Å². The fourth-order valence-corrected chi connectivity index (χ4v) is 3.80. The van der Waals surface area contributed by atoms with Gasteiger partial charge in [-0.1, -0.05) is 43.7 Å². The molecule has 0 N–H and O–H groups in total. The Balaban J connectivity index is 2.34. The van der Waals surface area contributed by atoms with Crippen LogP contribution >= 0.6 is 0 Å². The van der Waals surface area contributed by atoms with Crippen molar-refractivity contribution in [2.45, 2.75) is 63.3 Å². The molecule has 0 bridgehead atoms. The molecule has 0 aromatic rings. The highest BCUT2D eigenvalue weighted by Crippen LogP contribution is 2.50. The van der Waals surface area contributed by atoms with E-state index >= 15 is 0 Å². The molecule has 1 atom stereocenters. The zero-order valence-corrected chi connectivity index (χ0v) is 13.1. The molecule has 118 valence electrons. The van der Waals surface area contributed by atoms with Crippen molar-refractivity contribution in [3.8, 4) is 0 Å². The molecule has 0 unspecified atom stereocenters. The van der Waals surface area contributed by atoms with E-state index in [0.717, 1.165) is 38.8 Å². The third-order valence-electron chi connectivity index (χ3n) is 4.91. The lowest BCUT2D eigenvalue weighted by Crippen LogP contribution is -2.63. The summed E-state index contributed by atoms with van der Waals surface area (Å²) in [6, 6.07) is 0. The molecule has 1 nitrogen and oxygen atoms in total. The second-order valence-electron chi connectivity index (χ2n) is 6.23. The normalized spacial score (nSPS) is 31.0. The van der Waals surface area contributed by atoms with E-state index in [1.165, 1.54) is 0 Å². The fourth-order valence-electron chi connectivity index (χ4n) is 3.80. The number of halogens is 2. The molecular formula is C18H27F2N. The van der Waals surface area contributed by atoms with Gasteiger partial charge in [-0.05, 0) is 51.3 Å². The molecule has 0 amide bonds. The maximum atomic E-state index is 14.9. The molecule has 0 spiro atoms. The van der Waals surface area contributed by atoms with Crippen LogP contribution in [-0.2, 0) is 0 Å². The molecule has 0 radical (unpaired) electrons. The number of rotatable bonds is 4. The number of piperidine rings is 1. The van der Waals surface area contributed by atoms with Gasteiger partial charge >= 0.3 is 0 Å². The van der Waals surface area contributed by atoms with Crippen LogP contribution in [0.5, 0.6) is 0 Å². The van der Waals surface area contributed by atoms with Crippen LogP contribution in [-0.4, -0.2) is 29.5 Å². The highest BCUT2D eigenvalue weighted by molar-refractivity contribution is 5.35. The Morgan fingerprint density at radius 1 is 1.00 bits per heavy atom. The number of hydrogen-bond donors (Lipinski definition) is 0. The van der Waals surface area contributed by atoms with E-state index in [2.05, 4.69) is 6.58 Å². The summed E-state index contributed by atoms with van der Waals surface area (Å²) < 4.78 is 29.8. The average molecular weight is 295 g/mol. The van der Waals surface area contributed by atoms with Gasteiger partial charge in [-0.2, -0.15) is 0 Å². The maximum absolute atomic E-state index is 14.9. The number of hydrogen-bond acceptors (Lipinski definition) is 1. The molecule has 0 aromatic heterocycles. The van der Waals surface area contributed by atoms with Gasteiger partial charge in [0.2, 0.25) is 0 Å². The van der Waals surface area contributed by atoms with Crippen molar-refractivity contribution in [2.75, 3.05) is 13.1 Å². The van der Waals surface area contributed by atoms with Crippen molar-refractivity contribution in [3.05, 3.63) is 36.5 Å².